The Balaban J connectivity index is 1.43. The van der Waals surface area contributed by atoms with Gasteiger partial charge >= 0.3 is 0 Å². The molecule has 4 heteroatoms. The molecule has 2 saturated carbocycles. The Morgan fingerprint density at radius 2 is 1.39 bits per heavy atom. The number of hydrogen-bond donors (Lipinski definition) is 0. The molecule has 4 rings (SSSR count). The Labute approximate surface area is 169 Å². The summed E-state index contributed by atoms with van der Waals surface area (Å²) < 4.78 is 27.7. The third kappa shape index (κ3) is 4.38. The van der Waals surface area contributed by atoms with Gasteiger partial charge in [-0.25, -0.2) is 8.78 Å². The van der Waals surface area contributed by atoms with Gasteiger partial charge in [-0.15, -0.1) is 0 Å². The van der Waals surface area contributed by atoms with Crippen LogP contribution in [0, 0.1) is 41.2 Å². The van der Waals surface area contributed by atoms with Crippen molar-refractivity contribution in [1.29, 1.82) is 0 Å². The first-order chi connectivity index (χ1) is 13.6. The number of rotatable bonds is 3. The Kier molecular flexibility index (Phi) is 5.67. The number of halogens is 2. The molecule has 28 heavy (non-hydrogen) atoms. The fourth-order valence-corrected chi connectivity index (χ4v) is 4.13. The number of isothiocyanates is 1. The summed E-state index contributed by atoms with van der Waals surface area (Å²) in [5.41, 5.74) is 1.94. The van der Waals surface area contributed by atoms with Gasteiger partial charge in [0.2, 0.25) is 0 Å². The summed E-state index contributed by atoms with van der Waals surface area (Å²) in [4.78, 5) is 3.40. The minimum atomic E-state index is -0.796. The van der Waals surface area contributed by atoms with Gasteiger partial charge in [-0.1, -0.05) is 24.0 Å². The van der Waals surface area contributed by atoms with E-state index in [1.54, 1.807) is 0 Å². The predicted octanol–water partition coefficient (Wildman–Crippen LogP) is 6.62. The van der Waals surface area contributed by atoms with Crippen LogP contribution >= 0.6 is 12.2 Å². The highest BCUT2D eigenvalue weighted by Gasteiger charge is 2.34. The number of nitrogens with zero attached hydrogens (tertiary/aromatic N) is 1. The van der Waals surface area contributed by atoms with Crippen molar-refractivity contribution in [3.63, 3.8) is 0 Å². The summed E-state index contributed by atoms with van der Waals surface area (Å²) in [7, 11) is 0. The maximum atomic E-state index is 13.9. The van der Waals surface area contributed by atoms with Crippen molar-refractivity contribution >= 4 is 23.1 Å². The zero-order valence-electron chi connectivity index (χ0n) is 15.5. The van der Waals surface area contributed by atoms with Crippen LogP contribution in [0.1, 0.15) is 55.2 Å². The van der Waals surface area contributed by atoms with Crippen molar-refractivity contribution in [2.24, 2.45) is 16.8 Å². The molecule has 0 heterocycles. The molecule has 0 aromatic heterocycles. The van der Waals surface area contributed by atoms with Gasteiger partial charge in [-0.2, -0.15) is 4.99 Å². The van der Waals surface area contributed by atoms with Gasteiger partial charge in [0.1, 0.15) is 5.69 Å². The lowest BCUT2D eigenvalue weighted by Gasteiger charge is -2.28. The van der Waals surface area contributed by atoms with Crippen LogP contribution in [0.15, 0.2) is 41.4 Å². The van der Waals surface area contributed by atoms with Crippen molar-refractivity contribution in [2.45, 2.75) is 38.5 Å². The van der Waals surface area contributed by atoms with Crippen LogP contribution < -0.4 is 0 Å². The summed E-state index contributed by atoms with van der Waals surface area (Å²) in [5, 5.41) is 1.98. The van der Waals surface area contributed by atoms with Crippen LogP contribution in [0.25, 0.3) is 0 Å². The third-order valence-electron chi connectivity index (χ3n) is 5.74. The van der Waals surface area contributed by atoms with Crippen molar-refractivity contribution in [1.82, 2.24) is 0 Å². The average Bonchev–Trinajstić information content (AvgIpc) is 3.55. The Bertz CT molecular complexity index is 945. The molecule has 0 saturated heterocycles. The quantitative estimate of drug-likeness (QED) is 0.325. The van der Waals surface area contributed by atoms with Gasteiger partial charge in [0.05, 0.1) is 5.16 Å². The Hall–Kier alpha value is -2.34. The Morgan fingerprint density at radius 3 is 1.96 bits per heavy atom. The van der Waals surface area contributed by atoms with Gasteiger partial charge < -0.3 is 0 Å². The summed E-state index contributed by atoms with van der Waals surface area (Å²) in [5.74, 6) is 7.67. The molecular weight excluding hydrogens is 372 g/mol. The summed E-state index contributed by atoms with van der Waals surface area (Å²) in [6, 6.07) is 10.5. The van der Waals surface area contributed by atoms with Gasteiger partial charge in [0, 0.05) is 17.0 Å². The van der Waals surface area contributed by atoms with Crippen LogP contribution in [-0.4, -0.2) is 5.16 Å². The number of aliphatic imine (C=N–C) groups is 1. The van der Waals surface area contributed by atoms with E-state index in [0.29, 0.717) is 0 Å². The second-order valence-electron chi connectivity index (χ2n) is 7.60. The summed E-state index contributed by atoms with van der Waals surface area (Å²) in [6.07, 6.45) is 7.90. The van der Waals surface area contributed by atoms with E-state index in [4.69, 9.17) is 0 Å². The minimum Gasteiger partial charge on any atom is -0.204 e. The van der Waals surface area contributed by atoms with Crippen LogP contribution in [0.2, 0.25) is 0 Å². The second kappa shape index (κ2) is 8.35. The van der Waals surface area contributed by atoms with Gasteiger partial charge in [-0.3, -0.25) is 0 Å². The summed E-state index contributed by atoms with van der Waals surface area (Å²) in [6.45, 7) is 0. The largest absolute Gasteiger partial charge is 0.204 e. The van der Waals surface area contributed by atoms with E-state index in [1.807, 2.05) is 17.3 Å². The molecule has 2 aliphatic carbocycles. The maximum Gasteiger partial charge on any atom is 0.153 e. The minimum absolute atomic E-state index is 0.259. The normalized spacial score (nSPS) is 17.5. The molecule has 2 aromatic carbocycles. The standard InChI is InChI=1S/C24H20F2NS/c25-22-13-17(14-23(26)24(22)27-15-28)2-1-16-3-5-18(6-4-16)19-7-9-20(10-8-19)21-11-12-21/h3-6,13-14,20-21H,7-12H2. The lowest BCUT2D eigenvalue weighted by molar-refractivity contribution is 0.346. The van der Waals surface area contributed by atoms with Crippen molar-refractivity contribution in [2.75, 3.05) is 0 Å². The zero-order valence-corrected chi connectivity index (χ0v) is 16.3. The first kappa shape index (κ1) is 19.0. The van der Waals surface area contributed by atoms with Crippen LogP contribution in [0.5, 0.6) is 0 Å². The molecular formula is C24H20F2NS. The van der Waals surface area contributed by atoms with Crippen molar-refractivity contribution < 1.29 is 8.78 Å². The van der Waals surface area contributed by atoms with E-state index < -0.39 is 17.3 Å². The number of benzene rings is 2. The molecule has 1 radical (unpaired) electrons. The van der Waals surface area contributed by atoms with Gasteiger partial charge in [-0.05, 0) is 92.4 Å². The predicted molar refractivity (Wildman–Crippen MR) is 110 cm³/mol. The maximum absolute atomic E-state index is 13.9. The second-order valence-corrected chi connectivity index (χ2v) is 7.78. The molecule has 0 atom stereocenters. The van der Waals surface area contributed by atoms with Crippen molar-refractivity contribution in [3.8, 4) is 11.8 Å². The molecule has 2 aliphatic rings. The fraction of sp³-hybridized carbons (Fsp3) is 0.333. The molecule has 2 aromatic rings. The van der Waals surface area contributed by atoms with Gasteiger partial charge in [0.25, 0.3) is 0 Å². The Morgan fingerprint density at radius 1 is 0.821 bits per heavy atom. The molecule has 2 fully saturated rings. The monoisotopic (exact) mass is 392 g/mol. The first-order valence-corrected chi connectivity index (χ1v) is 10.1. The highest BCUT2D eigenvalue weighted by molar-refractivity contribution is 7.78. The van der Waals surface area contributed by atoms with Gasteiger partial charge in [0.15, 0.2) is 11.6 Å². The topological polar surface area (TPSA) is 12.4 Å². The number of hydrogen-bond acceptors (Lipinski definition) is 2. The molecule has 0 amide bonds. The van der Waals surface area contributed by atoms with E-state index >= 15 is 0 Å². The number of thiocarbonyl (C=S) groups is 1. The van der Waals surface area contributed by atoms with Crippen LogP contribution in [-0.2, 0) is 0 Å². The molecule has 0 bridgehead atoms. The highest BCUT2D eigenvalue weighted by Crippen LogP contribution is 2.46. The lowest BCUT2D eigenvalue weighted by atomic mass is 9.77. The van der Waals surface area contributed by atoms with E-state index in [1.165, 1.54) is 50.0 Å². The lowest BCUT2D eigenvalue weighted by Crippen LogP contribution is -2.15. The first-order valence-electron chi connectivity index (χ1n) is 9.68. The van der Waals surface area contributed by atoms with E-state index in [0.717, 1.165) is 29.5 Å². The van der Waals surface area contributed by atoms with E-state index in [9.17, 15) is 8.78 Å². The van der Waals surface area contributed by atoms with E-state index in [-0.39, 0.29) is 5.56 Å². The summed E-state index contributed by atoms with van der Waals surface area (Å²) >= 11 is 4.40. The highest BCUT2D eigenvalue weighted by atomic mass is 32.1. The molecule has 1 nitrogen and oxygen atoms in total. The molecule has 0 unspecified atom stereocenters. The van der Waals surface area contributed by atoms with E-state index in [2.05, 4.69) is 41.2 Å². The molecule has 141 valence electrons. The van der Waals surface area contributed by atoms with Crippen molar-refractivity contribution in [3.05, 3.63) is 70.6 Å². The SMILES string of the molecule is Fc1cc(C#Cc2ccc([C]3CCC(C4CC4)CC3)cc2)cc(F)c1N=C=S. The molecule has 0 aliphatic heterocycles. The fourth-order valence-electron chi connectivity index (χ4n) is 4.04. The zero-order chi connectivity index (χ0) is 19.5. The molecule has 0 N–H and O–H groups in total. The third-order valence-corrected chi connectivity index (χ3v) is 5.83. The average molecular weight is 392 g/mol. The smallest absolute Gasteiger partial charge is 0.153 e. The molecule has 0 spiro atoms. The van der Waals surface area contributed by atoms with Crippen LogP contribution in [0.3, 0.4) is 0 Å². The van der Waals surface area contributed by atoms with Crippen LogP contribution in [0.4, 0.5) is 14.5 Å².